The highest BCUT2D eigenvalue weighted by Crippen LogP contribution is 2.22. The van der Waals surface area contributed by atoms with Gasteiger partial charge in [0.1, 0.15) is 6.04 Å². The van der Waals surface area contributed by atoms with Crippen LogP contribution in [0.3, 0.4) is 0 Å². The zero-order valence-electron chi connectivity index (χ0n) is 8.65. The van der Waals surface area contributed by atoms with Crippen molar-refractivity contribution in [1.82, 2.24) is 4.90 Å². The number of carbonyl (C=O) groups excluding carboxylic acids is 1. The van der Waals surface area contributed by atoms with Crippen molar-refractivity contribution in [2.45, 2.75) is 25.3 Å². The fraction of sp³-hybridized carbons (Fsp3) is 0.800. The summed E-state index contributed by atoms with van der Waals surface area (Å²) in [5.74, 6) is 0.181. The lowest BCUT2D eigenvalue weighted by Crippen LogP contribution is -2.47. The van der Waals surface area contributed by atoms with Gasteiger partial charge in [0.25, 0.3) is 0 Å². The van der Waals surface area contributed by atoms with Gasteiger partial charge in [-0.15, -0.1) is 0 Å². The molecular formula is C10H16N2O2S. The number of esters is 1. The Morgan fingerprint density at radius 3 is 2.93 bits per heavy atom. The topological polar surface area (TPSA) is 55.6 Å². The first kappa shape index (κ1) is 10.8. The molecule has 0 aromatic carbocycles. The summed E-state index contributed by atoms with van der Waals surface area (Å²) in [6.07, 6.45) is 2.92. The normalized spacial score (nSPS) is 32.7. The molecule has 4 nitrogen and oxygen atoms in total. The molecule has 0 radical (unpaired) electrons. The molecule has 2 unspecified atom stereocenters. The van der Waals surface area contributed by atoms with E-state index in [4.69, 9.17) is 22.7 Å². The van der Waals surface area contributed by atoms with Gasteiger partial charge in [-0.2, -0.15) is 0 Å². The van der Waals surface area contributed by atoms with Crippen LogP contribution < -0.4 is 5.73 Å². The first-order valence-electron chi connectivity index (χ1n) is 5.38. The predicted molar refractivity (Wildman–Crippen MR) is 60.4 cm³/mol. The van der Waals surface area contributed by atoms with Gasteiger partial charge in [0.05, 0.1) is 11.6 Å². The summed E-state index contributed by atoms with van der Waals surface area (Å²) >= 11 is 5.01. The molecule has 5 heteroatoms. The molecular weight excluding hydrogens is 212 g/mol. The van der Waals surface area contributed by atoms with E-state index in [9.17, 15) is 4.79 Å². The zero-order valence-corrected chi connectivity index (χ0v) is 9.46. The highest BCUT2D eigenvalue weighted by Gasteiger charge is 2.35. The van der Waals surface area contributed by atoms with Crippen molar-refractivity contribution in [2.75, 3.05) is 19.7 Å². The van der Waals surface area contributed by atoms with Gasteiger partial charge in [-0.25, -0.2) is 0 Å². The van der Waals surface area contributed by atoms with Crippen molar-refractivity contribution >= 4 is 23.2 Å². The van der Waals surface area contributed by atoms with Gasteiger partial charge in [0.15, 0.2) is 0 Å². The molecule has 0 amide bonds. The van der Waals surface area contributed by atoms with E-state index in [1.54, 1.807) is 0 Å². The Balaban J connectivity index is 1.97. The van der Waals surface area contributed by atoms with Gasteiger partial charge >= 0.3 is 5.97 Å². The smallest absolute Gasteiger partial charge is 0.323 e. The minimum absolute atomic E-state index is 0.0536. The van der Waals surface area contributed by atoms with E-state index in [0.29, 0.717) is 11.6 Å². The highest BCUT2D eigenvalue weighted by molar-refractivity contribution is 7.80. The lowest BCUT2D eigenvalue weighted by atomic mass is 9.96. The Hall–Kier alpha value is -0.680. The molecule has 0 bridgehead atoms. The summed E-state index contributed by atoms with van der Waals surface area (Å²) in [5.41, 5.74) is 5.65. The second-order valence-corrected chi connectivity index (χ2v) is 4.68. The molecule has 2 atom stereocenters. The molecule has 2 N–H and O–H groups in total. The second kappa shape index (κ2) is 4.45. The number of piperidine rings is 1. The standard InChI is InChI=1S/C10H16N2O2S/c11-9(15)7-2-1-4-12(6-7)8-3-5-14-10(8)13/h7-8H,1-6H2,(H2,11,15). The quantitative estimate of drug-likeness (QED) is 0.544. The summed E-state index contributed by atoms with van der Waals surface area (Å²) in [5, 5.41) is 0. The molecule has 0 aliphatic carbocycles. The average Bonchev–Trinajstić information content (AvgIpc) is 2.64. The number of nitrogens with two attached hydrogens (primary N) is 1. The van der Waals surface area contributed by atoms with E-state index in [1.807, 2.05) is 0 Å². The lowest BCUT2D eigenvalue weighted by molar-refractivity contribution is -0.142. The first-order valence-corrected chi connectivity index (χ1v) is 5.79. The third-order valence-corrected chi connectivity index (χ3v) is 3.54. The third kappa shape index (κ3) is 2.29. The van der Waals surface area contributed by atoms with Crippen LogP contribution in [0.2, 0.25) is 0 Å². The van der Waals surface area contributed by atoms with Crippen LogP contribution >= 0.6 is 12.2 Å². The molecule has 2 rings (SSSR count). The van der Waals surface area contributed by atoms with Crippen LogP contribution in [-0.2, 0) is 9.53 Å². The van der Waals surface area contributed by atoms with E-state index in [1.165, 1.54) is 0 Å². The van der Waals surface area contributed by atoms with E-state index in [0.717, 1.165) is 32.4 Å². The fourth-order valence-electron chi connectivity index (χ4n) is 2.34. The van der Waals surface area contributed by atoms with E-state index in [2.05, 4.69) is 4.90 Å². The van der Waals surface area contributed by atoms with Crippen molar-refractivity contribution < 1.29 is 9.53 Å². The molecule has 2 aliphatic rings. The van der Waals surface area contributed by atoms with Gasteiger partial charge in [-0.1, -0.05) is 12.2 Å². The van der Waals surface area contributed by atoms with Crippen LogP contribution in [0.1, 0.15) is 19.3 Å². The molecule has 15 heavy (non-hydrogen) atoms. The number of hydrogen-bond acceptors (Lipinski definition) is 4. The average molecular weight is 228 g/mol. The molecule has 2 aliphatic heterocycles. The zero-order chi connectivity index (χ0) is 10.8. The van der Waals surface area contributed by atoms with Crippen LogP contribution in [0, 0.1) is 5.92 Å². The minimum atomic E-state index is -0.0846. The predicted octanol–water partition coefficient (Wildman–Crippen LogP) is 0.300. The number of ether oxygens (including phenoxy) is 1. The number of likely N-dealkylation sites (tertiary alicyclic amines) is 1. The van der Waals surface area contributed by atoms with E-state index < -0.39 is 0 Å². The molecule has 2 fully saturated rings. The van der Waals surface area contributed by atoms with Crippen molar-refractivity contribution in [1.29, 1.82) is 0 Å². The van der Waals surface area contributed by atoms with Crippen LogP contribution in [0.25, 0.3) is 0 Å². The largest absolute Gasteiger partial charge is 0.464 e. The molecule has 0 aromatic heterocycles. The summed E-state index contributed by atoms with van der Waals surface area (Å²) in [7, 11) is 0. The second-order valence-electron chi connectivity index (χ2n) is 4.21. The Morgan fingerprint density at radius 1 is 1.53 bits per heavy atom. The molecule has 0 spiro atoms. The van der Waals surface area contributed by atoms with Crippen molar-refractivity contribution in [3.63, 3.8) is 0 Å². The van der Waals surface area contributed by atoms with Gasteiger partial charge < -0.3 is 10.5 Å². The Kier molecular flexibility index (Phi) is 3.21. The Morgan fingerprint density at radius 2 is 2.33 bits per heavy atom. The first-order chi connectivity index (χ1) is 7.18. The number of cyclic esters (lactones) is 1. The monoisotopic (exact) mass is 228 g/mol. The maximum atomic E-state index is 11.4. The number of nitrogens with zero attached hydrogens (tertiary/aromatic N) is 1. The Bertz CT molecular complexity index is 283. The SMILES string of the molecule is NC(=S)C1CCCN(C2CCOC2=O)C1. The molecule has 84 valence electrons. The maximum absolute atomic E-state index is 11.4. The Labute approximate surface area is 94.7 Å². The maximum Gasteiger partial charge on any atom is 0.323 e. The minimum Gasteiger partial charge on any atom is -0.464 e. The van der Waals surface area contributed by atoms with Gasteiger partial charge in [-0.3, -0.25) is 9.69 Å². The summed E-state index contributed by atoms with van der Waals surface area (Å²) in [6.45, 7) is 2.33. The third-order valence-electron chi connectivity index (χ3n) is 3.20. The summed E-state index contributed by atoms with van der Waals surface area (Å²) in [6, 6.07) is -0.0536. The molecule has 0 saturated carbocycles. The van der Waals surface area contributed by atoms with Crippen LogP contribution in [0.4, 0.5) is 0 Å². The number of rotatable bonds is 2. The van der Waals surface area contributed by atoms with Crippen LogP contribution in [-0.4, -0.2) is 41.6 Å². The van der Waals surface area contributed by atoms with E-state index >= 15 is 0 Å². The van der Waals surface area contributed by atoms with E-state index in [-0.39, 0.29) is 17.9 Å². The molecule has 0 aromatic rings. The number of thiocarbonyl (C=S) groups is 1. The lowest BCUT2D eigenvalue weighted by Gasteiger charge is -2.34. The van der Waals surface area contributed by atoms with Crippen LogP contribution in [0.15, 0.2) is 0 Å². The van der Waals surface area contributed by atoms with Gasteiger partial charge in [0, 0.05) is 18.9 Å². The number of hydrogen-bond donors (Lipinski definition) is 1. The van der Waals surface area contributed by atoms with Crippen molar-refractivity contribution in [3.8, 4) is 0 Å². The summed E-state index contributed by atoms with van der Waals surface area (Å²) < 4.78 is 4.97. The van der Waals surface area contributed by atoms with Gasteiger partial charge in [0.2, 0.25) is 0 Å². The van der Waals surface area contributed by atoms with Crippen LogP contribution in [0.5, 0.6) is 0 Å². The number of carbonyl (C=O) groups is 1. The van der Waals surface area contributed by atoms with Crippen molar-refractivity contribution in [3.05, 3.63) is 0 Å². The summed E-state index contributed by atoms with van der Waals surface area (Å²) in [4.78, 5) is 14.2. The highest BCUT2D eigenvalue weighted by atomic mass is 32.1. The van der Waals surface area contributed by atoms with Gasteiger partial charge in [-0.05, 0) is 19.4 Å². The fourth-order valence-corrected chi connectivity index (χ4v) is 2.53. The van der Waals surface area contributed by atoms with Crippen molar-refractivity contribution in [2.24, 2.45) is 11.7 Å². The molecule has 2 saturated heterocycles. The molecule has 2 heterocycles.